The predicted octanol–water partition coefficient (Wildman–Crippen LogP) is 1.84. The SMILES string of the molecule is CCC(=O)NC(CC(=O)CON1C(=O)Cc2ccccc21)(NC(=O)C(NC(=O)OCc1ccccc1)C(C)C)C(=O)O. The van der Waals surface area contributed by atoms with Crippen molar-refractivity contribution in [3.63, 3.8) is 0 Å². The third-order valence-corrected chi connectivity index (χ3v) is 6.41. The van der Waals surface area contributed by atoms with E-state index in [1.54, 1.807) is 68.4 Å². The molecule has 1 aliphatic heterocycles. The standard InChI is InChI=1S/C29H34N4O9/c1-4-23(35)31-29(27(38)39,15-21(34)17-42-33-22-13-9-8-12-20(22)14-24(33)36)32-26(37)25(18(2)3)30-28(40)41-16-19-10-6-5-7-11-19/h5-13,18,25H,4,14-17H2,1-3H3,(H,30,40)(H,31,35)(H,32,37)(H,38,39). The number of hydroxylamine groups is 1. The van der Waals surface area contributed by atoms with Crippen LogP contribution in [0.4, 0.5) is 10.5 Å². The third-order valence-electron chi connectivity index (χ3n) is 6.41. The number of carboxylic acid groups (broad SMARTS) is 1. The summed E-state index contributed by atoms with van der Waals surface area (Å²) in [5.74, 6) is -5.23. The van der Waals surface area contributed by atoms with Gasteiger partial charge >= 0.3 is 12.1 Å². The number of ether oxygens (including phenoxy) is 1. The number of para-hydroxylation sites is 1. The third kappa shape index (κ3) is 8.13. The summed E-state index contributed by atoms with van der Waals surface area (Å²) < 4.78 is 5.18. The number of ketones is 1. The molecular formula is C29H34N4O9. The number of alkyl carbamates (subject to hydrolysis) is 1. The number of rotatable bonds is 14. The molecule has 3 rings (SSSR count). The normalized spacial score (nSPS) is 14.4. The lowest BCUT2D eigenvalue weighted by molar-refractivity contribution is -0.154. The molecule has 4 amide bonds. The molecule has 0 aliphatic carbocycles. The van der Waals surface area contributed by atoms with Crippen LogP contribution in [0.5, 0.6) is 0 Å². The highest BCUT2D eigenvalue weighted by Crippen LogP contribution is 2.28. The molecular weight excluding hydrogens is 548 g/mol. The van der Waals surface area contributed by atoms with Gasteiger partial charge in [0.2, 0.25) is 17.5 Å². The molecule has 0 saturated carbocycles. The zero-order valence-corrected chi connectivity index (χ0v) is 23.5. The van der Waals surface area contributed by atoms with E-state index in [2.05, 4.69) is 16.0 Å². The molecule has 1 heterocycles. The number of amides is 4. The Labute approximate surface area is 242 Å². The van der Waals surface area contributed by atoms with Crippen LogP contribution in [0.25, 0.3) is 0 Å². The lowest BCUT2D eigenvalue weighted by atomic mass is 9.98. The quantitative estimate of drug-likeness (QED) is 0.242. The Bertz CT molecular complexity index is 1330. The second-order valence-corrected chi connectivity index (χ2v) is 10.0. The number of fused-ring (bicyclic) bond motifs is 1. The number of Topliss-reactive ketones (excluding diaryl/α,β-unsaturated/α-hetero) is 1. The molecule has 0 saturated heterocycles. The van der Waals surface area contributed by atoms with Gasteiger partial charge in [-0.15, -0.1) is 0 Å². The summed E-state index contributed by atoms with van der Waals surface area (Å²) in [5, 5.41) is 18.0. The highest BCUT2D eigenvalue weighted by Gasteiger charge is 2.45. The van der Waals surface area contributed by atoms with Crippen molar-refractivity contribution in [1.29, 1.82) is 0 Å². The van der Waals surface area contributed by atoms with Crippen LogP contribution in [-0.4, -0.2) is 59.0 Å². The van der Waals surface area contributed by atoms with Gasteiger partial charge in [-0.1, -0.05) is 69.3 Å². The molecule has 1 aliphatic rings. The smallest absolute Gasteiger partial charge is 0.408 e. The Hall–Kier alpha value is -4.78. The van der Waals surface area contributed by atoms with Gasteiger partial charge in [0, 0.05) is 6.42 Å². The maximum atomic E-state index is 13.3. The van der Waals surface area contributed by atoms with Crippen LogP contribution in [0, 0.1) is 5.92 Å². The average molecular weight is 583 g/mol. The number of carbonyl (C=O) groups is 6. The summed E-state index contributed by atoms with van der Waals surface area (Å²) >= 11 is 0. The highest BCUT2D eigenvalue weighted by atomic mass is 16.7. The largest absolute Gasteiger partial charge is 0.478 e. The first-order chi connectivity index (χ1) is 20.0. The monoisotopic (exact) mass is 582 g/mol. The molecule has 0 radical (unpaired) electrons. The molecule has 13 heteroatoms. The van der Waals surface area contributed by atoms with E-state index in [-0.39, 0.29) is 19.4 Å². The minimum Gasteiger partial charge on any atom is -0.478 e. The van der Waals surface area contributed by atoms with Crippen molar-refractivity contribution in [3.05, 3.63) is 65.7 Å². The fraction of sp³-hybridized carbons (Fsp3) is 0.379. The Balaban J connectivity index is 1.72. The van der Waals surface area contributed by atoms with Crippen molar-refractivity contribution in [2.75, 3.05) is 11.7 Å². The summed E-state index contributed by atoms with van der Waals surface area (Å²) in [4.78, 5) is 81.3. The number of hydrogen-bond acceptors (Lipinski definition) is 8. The molecule has 0 fully saturated rings. The molecule has 13 nitrogen and oxygen atoms in total. The molecule has 42 heavy (non-hydrogen) atoms. The van der Waals surface area contributed by atoms with Gasteiger partial charge in [-0.25, -0.2) is 9.59 Å². The lowest BCUT2D eigenvalue weighted by Gasteiger charge is -2.33. The van der Waals surface area contributed by atoms with Gasteiger partial charge < -0.3 is 25.8 Å². The average Bonchev–Trinajstić information content (AvgIpc) is 3.28. The fourth-order valence-electron chi connectivity index (χ4n) is 4.20. The van der Waals surface area contributed by atoms with E-state index >= 15 is 0 Å². The van der Waals surface area contributed by atoms with Crippen LogP contribution in [0.2, 0.25) is 0 Å². The molecule has 2 atom stereocenters. The maximum Gasteiger partial charge on any atom is 0.408 e. The molecule has 2 aromatic rings. The predicted molar refractivity (Wildman–Crippen MR) is 149 cm³/mol. The van der Waals surface area contributed by atoms with E-state index in [9.17, 15) is 33.9 Å². The number of benzene rings is 2. The Morgan fingerprint density at radius 1 is 1.00 bits per heavy atom. The van der Waals surface area contributed by atoms with E-state index in [1.807, 2.05) is 0 Å². The summed E-state index contributed by atoms with van der Waals surface area (Å²) in [7, 11) is 0. The summed E-state index contributed by atoms with van der Waals surface area (Å²) in [5.41, 5.74) is -0.699. The zero-order chi connectivity index (χ0) is 30.9. The first kappa shape index (κ1) is 31.7. The van der Waals surface area contributed by atoms with Gasteiger partial charge in [-0.3, -0.25) is 24.0 Å². The highest BCUT2D eigenvalue weighted by molar-refractivity contribution is 6.00. The van der Waals surface area contributed by atoms with Gasteiger partial charge in [0.25, 0.3) is 5.91 Å². The van der Waals surface area contributed by atoms with Crippen LogP contribution >= 0.6 is 0 Å². The summed E-state index contributed by atoms with van der Waals surface area (Å²) in [6.45, 7) is 3.90. The van der Waals surface area contributed by atoms with E-state index in [1.165, 1.54) is 6.92 Å². The molecule has 4 N–H and O–H groups in total. The fourth-order valence-corrected chi connectivity index (χ4v) is 4.20. The van der Waals surface area contributed by atoms with Crippen molar-refractivity contribution in [2.45, 2.75) is 58.3 Å². The van der Waals surface area contributed by atoms with Crippen LogP contribution in [-0.2, 0) is 46.6 Å². The van der Waals surface area contributed by atoms with Crippen molar-refractivity contribution in [3.8, 4) is 0 Å². The molecule has 2 unspecified atom stereocenters. The second-order valence-electron chi connectivity index (χ2n) is 10.0. The number of nitrogens with zero attached hydrogens (tertiary/aromatic N) is 1. The molecule has 2 aromatic carbocycles. The lowest BCUT2D eigenvalue weighted by Crippen LogP contribution is -2.69. The molecule has 0 spiro atoms. The Kier molecular flexibility index (Phi) is 10.7. The minimum absolute atomic E-state index is 0.0662. The van der Waals surface area contributed by atoms with Gasteiger partial charge in [0.15, 0.2) is 5.78 Å². The van der Waals surface area contributed by atoms with Crippen LogP contribution in [0.3, 0.4) is 0 Å². The number of hydrogen-bond donors (Lipinski definition) is 4. The van der Waals surface area contributed by atoms with Gasteiger partial charge in [-0.05, 0) is 23.1 Å². The number of aliphatic carboxylic acids is 1. The Morgan fingerprint density at radius 3 is 2.31 bits per heavy atom. The summed E-state index contributed by atoms with van der Waals surface area (Å²) in [6, 6.07) is 14.4. The number of anilines is 1. The zero-order valence-electron chi connectivity index (χ0n) is 23.5. The van der Waals surface area contributed by atoms with Crippen molar-refractivity contribution in [2.24, 2.45) is 5.92 Å². The first-order valence-corrected chi connectivity index (χ1v) is 13.3. The maximum absolute atomic E-state index is 13.3. The number of carbonyl (C=O) groups excluding carboxylic acids is 5. The van der Waals surface area contributed by atoms with Crippen molar-refractivity contribution >= 4 is 41.3 Å². The minimum atomic E-state index is -2.57. The van der Waals surface area contributed by atoms with Gasteiger partial charge in [0.05, 0.1) is 18.5 Å². The topological polar surface area (TPSA) is 180 Å². The number of nitrogens with one attached hydrogen (secondary N) is 3. The Morgan fingerprint density at radius 2 is 1.67 bits per heavy atom. The second kappa shape index (κ2) is 14.2. The molecule has 0 bridgehead atoms. The van der Waals surface area contributed by atoms with Crippen molar-refractivity contribution in [1.82, 2.24) is 16.0 Å². The molecule has 224 valence electrons. The van der Waals surface area contributed by atoms with E-state index in [4.69, 9.17) is 9.57 Å². The molecule has 0 aromatic heterocycles. The number of carboxylic acids is 1. The van der Waals surface area contributed by atoms with Crippen LogP contribution in [0.15, 0.2) is 54.6 Å². The van der Waals surface area contributed by atoms with Gasteiger partial charge in [-0.2, -0.15) is 5.06 Å². The summed E-state index contributed by atoms with van der Waals surface area (Å²) in [6.07, 6.45) is -1.91. The van der Waals surface area contributed by atoms with Crippen molar-refractivity contribution < 1.29 is 43.4 Å². The first-order valence-electron chi connectivity index (χ1n) is 13.3. The van der Waals surface area contributed by atoms with Crippen LogP contribution in [0.1, 0.15) is 44.7 Å². The van der Waals surface area contributed by atoms with E-state index in [0.717, 1.165) is 5.06 Å². The van der Waals surface area contributed by atoms with Gasteiger partial charge in [0.1, 0.15) is 19.3 Å². The van der Waals surface area contributed by atoms with Crippen LogP contribution < -0.4 is 21.0 Å². The van der Waals surface area contributed by atoms with E-state index in [0.29, 0.717) is 16.8 Å². The van der Waals surface area contributed by atoms with E-state index < -0.39 is 66.2 Å².